The molecule has 5 nitrogen and oxygen atoms in total. The van der Waals surface area contributed by atoms with Gasteiger partial charge in [-0.2, -0.15) is 0 Å². The van der Waals surface area contributed by atoms with E-state index in [-0.39, 0.29) is 6.04 Å². The lowest BCUT2D eigenvalue weighted by atomic mass is 10.2. The molecule has 19 heavy (non-hydrogen) atoms. The minimum absolute atomic E-state index is 0.154. The van der Waals surface area contributed by atoms with Crippen molar-refractivity contribution in [1.82, 2.24) is 25.5 Å². The van der Waals surface area contributed by atoms with Crippen LogP contribution in [0, 0.1) is 5.92 Å². The van der Waals surface area contributed by atoms with Crippen molar-refractivity contribution < 1.29 is 0 Å². The van der Waals surface area contributed by atoms with E-state index in [9.17, 15) is 0 Å². The molecule has 1 aromatic heterocycles. The van der Waals surface area contributed by atoms with Crippen molar-refractivity contribution in [3.63, 3.8) is 0 Å². The zero-order valence-electron chi connectivity index (χ0n) is 11.7. The third-order valence-corrected chi connectivity index (χ3v) is 2.95. The van der Waals surface area contributed by atoms with Crippen LogP contribution in [0.15, 0.2) is 30.3 Å². The summed E-state index contributed by atoms with van der Waals surface area (Å²) in [5.74, 6) is 1.49. The van der Waals surface area contributed by atoms with E-state index in [2.05, 4.69) is 53.7 Å². The van der Waals surface area contributed by atoms with Gasteiger partial charge in [-0.25, -0.2) is 4.68 Å². The van der Waals surface area contributed by atoms with E-state index in [1.54, 1.807) is 0 Å². The largest absolute Gasteiger partial charge is 0.307 e. The summed E-state index contributed by atoms with van der Waals surface area (Å²) in [5, 5.41) is 15.4. The Morgan fingerprint density at radius 2 is 1.89 bits per heavy atom. The van der Waals surface area contributed by atoms with Crippen molar-refractivity contribution in [2.75, 3.05) is 6.54 Å². The van der Waals surface area contributed by atoms with Gasteiger partial charge in [0.2, 0.25) is 0 Å². The Morgan fingerprint density at radius 1 is 1.16 bits per heavy atom. The second-order valence-electron chi connectivity index (χ2n) is 5.20. The molecule has 1 unspecified atom stereocenters. The Hall–Kier alpha value is -1.75. The molecule has 2 rings (SSSR count). The highest BCUT2D eigenvalue weighted by molar-refractivity contribution is 5.15. The zero-order valence-corrected chi connectivity index (χ0v) is 11.7. The predicted molar refractivity (Wildman–Crippen MR) is 74.6 cm³/mol. The van der Waals surface area contributed by atoms with E-state index in [0.29, 0.717) is 12.5 Å². The molecular weight excluding hydrogens is 238 g/mol. The Balaban J connectivity index is 2.05. The van der Waals surface area contributed by atoms with E-state index in [1.807, 2.05) is 22.9 Å². The highest BCUT2D eigenvalue weighted by atomic mass is 15.5. The molecule has 0 aliphatic carbocycles. The molecule has 0 radical (unpaired) electrons. The Morgan fingerprint density at radius 3 is 2.58 bits per heavy atom. The van der Waals surface area contributed by atoms with Crippen LogP contribution in [0.2, 0.25) is 0 Å². The monoisotopic (exact) mass is 259 g/mol. The van der Waals surface area contributed by atoms with Crippen LogP contribution in [-0.2, 0) is 6.54 Å². The van der Waals surface area contributed by atoms with Gasteiger partial charge >= 0.3 is 0 Å². The molecule has 1 heterocycles. The standard InChI is InChI=1S/C14H21N5/c1-11(2)9-15-12(3)14-16-17-18-19(14)10-13-7-5-4-6-8-13/h4-8,11-12,15H,9-10H2,1-3H3. The lowest BCUT2D eigenvalue weighted by Crippen LogP contribution is -2.26. The lowest BCUT2D eigenvalue weighted by molar-refractivity contribution is 0.461. The zero-order chi connectivity index (χ0) is 13.7. The molecule has 0 fully saturated rings. The molecule has 1 atom stereocenters. The fraction of sp³-hybridized carbons (Fsp3) is 0.500. The average molecular weight is 259 g/mol. The van der Waals surface area contributed by atoms with Crippen LogP contribution in [0.25, 0.3) is 0 Å². The smallest absolute Gasteiger partial charge is 0.168 e. The summed E-state index contributed by atoms with van der Waals surface area (Å²) in [4.78, 5) is 0. The maximum Gasteiger partial charge on any atom is 0.168 e. The maximum absolute atomic E-state index is 4.13. The quantitative estimate of drug-likeness (QED) is 0.862. The van der Waals surface area contributed by atoms with Gasteiger partial charge in [0.25, 0.3) is 0 Å². The predicted octanol–water partition coefficient (Wildman–Crippen LogP) is 2.03. The molecule has 0 aliphatic heterocycles. The van der Waals surface area contributed by atoms with Crippen LogP contribution in [0.3, 0.4) is 0 Å². The number of hydrogen-bond acceptors (Lipinski definition) is 4. The van der Waals surface area contributed by atoms with Gasteiger partial charge in [0.05, 0.1) is 12.6 Å². The molecule has 0 aliphatic rings. The number of nitrogens with zero attached hydrogens (tertiary/aromatic N) is 4. The molecule has 5 heteroatoms. The molecule has 0 spiro atoms. The molecule has 0 amide bonds. The van der Waals surface area contributed by atoms with Crippen molar-refractivity contribution in [1.29, 1.82) is 0 Å². The number of aromatic nitrogens is 4. The highest BCUT2D eigenvalue weighted by Crippen LogP contribution is 2.10. The van der Waals surface area contributed by atoms with Crippen LogP contribution >= 0.6 is 0 Å². The molecule has 1 N–H and O–H groups in total. The van der Waals surface area contributed by atoms with Crippen LogP contribution in [-0.4, -0.2) is 26.8 Å². The number of nitrogens with one attached hydrogen (secondary N) is 1. The number of hydrogen-bond donors (Lipinski definition) is 1. The van der Waals surface area contributed by atoms with Crippen LogP contribution < -0.4 is 5.32 Å². The van der Waals surface area contributed by atoms with Gasteiger partial charge in [0.15, 0.2) is 5.82 Å². The fourth-order valence-corrected chi connectivity index (χ4v) is 1.89. The number of rotatable bonds is 6. The normalized spacial score (nSPS) is 12.8. The van der Waals surface area contributed by atoms with Crippen LogP contribution in [0.4, 0.5) is 0 Å². The summed E-state index contributed by atoms with van der Waals surface area (Å²) < 4.78 is 1.85. The third-order valence-electron chi connectivity index (χ3n) is 2.95. The summed E-state index contributed by atoms with van der Waals surface area (Å²) in [7, 11) is 0. The summed E-state index contributed by atoms with van der Waals surface area (Å²) in [6.07, 6.45) is 0. The van der Waals surface area contributed by atoms with Crippen molar-refractivity contribution in [2.45, 2.75) is 33.4 Å². The molecule has 102 valence electrons. The van der Waals surface area contributed by atoms with Crippen molar-refractivity contribution in [3.8, 4) is 0 Å². The summed E-state index contributed by atoms with van der Waals surface area (Å²) >= 11 is 0. The van der Waals surface area contributed by atoms with Gasteiger partial charge in [-0.05, 0) is 35.4 Å². The molecule has 0 bridgehead atoms. The van der Waals surface area contributed by atoms with Gasteiger partial charge in [-0.1, -0.05) is 44.2 Å². The third kappa shape index (κ3) is 3.86. The molecular formula is C14H21N5. The van der Waals surface area contributed by atoms with Crippen LogP contribution in [0.5, 0.6) is 0 Å². The summed E-state index contributed by atoms with van der Waals surface area (Å²) in [5.41, 5.74) is 1.20. The van der Waals surface area contributed by atoms with E-state index in [1.165, 1.54) is 5.56 Å². The first-order valence-corrected chi connectivity index (χ1v) is 6.70. The van der Waals surface area contributed by atoms with Crippen molar-refractivity contribution in [2.24, 2.45) is 5.92 Å². The summed E-state index contributed by atoms with van der Waals surface area (Å²) in [6.45, 7) is 8.13. The SMILES string of the molecule is CC(C)CNC(C)c1nnnn1Cc1ccccc1. The topological polar surface area (TPSA) is 55.6 Å². The highest BCUT2D eigenvalue weighted by Gasteiger charge is 2.14. The number of benzene rings is 1. The first-order valence-electron chi connectivity index (χ1n) is 6.70. The van der Waals surface area contributed by atoms with Gasteiger partial charge < -0.3 is 5.32 Å². The van der Waals surface area contributed by atoms with E-state index >= 15 is 0 Å². The molecule has 1 aromatic carbocycles. The second-order valence-corrected chi connectivity index (χ2v) is 5.20. The fourth-order valence-electron chi connectivity index (χ4n) is 1.89. The van der Waals surface area contributed by atoms with E-state index in [0.717, 1.165) is 12.4 Å². The Labute approximate surface area is 114 Å². The van der Waals surface area contributed by atoms with Crippen molar-refractivity contribution >= 4 is 0 Å². The second kappa shape index (κ2) is 6.43. The van der Waals surface area contributed by atoms with E-state index < -0.39 is 0 Å². The minimum atomic E-state index is 0.154. The van der Waals surface area contributed by atoms with Gasteiger partial charge in [0, 0.05) is 0 Å². The first-order chi connectivity index (χ1) is 9.16. The van der Waals surface area contributed by atoms with Crippen molar-refractivity contribution in [3.05, 3.63) is 41.7 Å². The lowest BCUT2D eigenvalue weighted by Gasteiger charge is -2.15. The first kappa shape index (κ1) is 13.7. The Kier molecular flexibility index (Phi) is 4.63. The molecule has 2 aromatic rings. The van der Waals surface area contributed by atoms with Gasteiger partial charge in [-0.15, -0.1) is 5.10 Å². The Bertz CT molecular complexity index is 492. The molecule has 0 saturated heterocycles. The maximum atomic E-state index is 4.13. The van der Waals surface area contributed by atoms with Gasteiger partial charge in [0.1, 0.15) is 0 Å². The molecule has 0 saturated carbocycles. The minimum Gasteiger partial charge on any atom is -0.307 e. The summed E-state index contributed by atoms with van der Waals surface area (Å²) in [6, 6.07) is 10.4. The van der Waals surface area contributed by atoms with Crippen LogP contribution in [0.1, 0.15) is 38.2 Å². The number of tetrazole rings is 1. The van der Waals surface area contributed by atoms with Gasteiger partial charge in [-0.3, -0.25) is 0 Å². The average Bonchev–Trinajstić information content (AvgIpc) is 2.85. The van der Waals surface area contributed by atoms with E-state index in [4.69, 9.17) is 0 Å².